The lowest BCUT2D eigenvalue weighted by Gasteiger charge is -2.15. The van der Waals surface area contributed by atoms with E-state index in [2.05, 4.69) is 38.1 Å². The van der Waals surface area contributed by atoms with Crippen LogP contribution in [0.25, 0.3) is 0 Å². The second kappa shape index (κ2) is 5.93. The van der Waals surface area contributed by atoms with Gasteiger partial charge in [-0.3, -0.25) is 0 Å². The van der Waals surface area contributed by atoms with Gasteiger partial charge in [-0.15, -0.1) is 0 Å². The zero-order valence-electron chi connectivity index (χ0n) is 8.33. The number of aromatic nitrogens is 2. The highest BCUT2D eigenvalue weighted by Gasteiger charge is 2.06. The van der Waals surface area contributed by atoms with Gasteiger partial charge in [-0.25, -0.2) is 9.97 Å². The van der Waals surface area contributed by atoms with E-state index < -0.39 is 0 Å². The molecule has 78 valence electrons. The highest BCUT2D eigenvalue weighted by Crippen LogP contribution is 2.08. The SMILES string of the molecule is CCC(COC)Nc1ncc(Br)cn1. The van der Waals surface area contributed by atoms with Gasteiger partial charge in [-0.2, -0.15) is 0 Å². The number of hydrogen-bond acceptors (Lipinski definition) is 4. The van der Waals surface area contributed by atoms with Gasteiger partial charge in [0.15, 0.2) is 0 Å². The van der Waals surface area contributed by atoms with Crippen molar-refractivity contribution in [3.63, 3.8) is 0 Å². The Hall–Kier alpha value is -0.680. The molecule has 4 nitrogen and oxygen atoms in total. The summed E-state index contributed by atoms with van der Waals surface area (Å²) in [5, 5.41) is 3.19. The third-order valence-electron chi connectivity index (χ3n) is 1.81. The Kier molecular flexibility index (Phi) is 4.82. The van der Waals surface area contributed by atoms with Crippen molar-refractivity contribution in [3.8, 4) is 0 Å². The van der Waals surface area contributed by atoms with Crippen molar-refractivity contribution in [1.82, 2.24) is 9.97 Å². The maximum Gasteiger partial charge on any atom is 0.222 e. The number of nitrogens with one attached hydrogen (secondary N) is 1. The molecule has 0 radical (unpaired) electrons. The van der Waals surface area contributed by atoms with Crippen molar-refractivity contribution in [2.75, 3.05) is 19.0 Å². The first-order chi connectivity index (χ1) is 6.76. The second-order valence-electron chi connectivity index (χ2n) is 2.93. The molecule has 0 fully saturated rings. The van der Waals surface area contributed by atoms with E-state index in [1.807, 2.05) is 0 Å². The molecule has 14 heavy (non-hydrogen) atoms. The predicted molar refractivity (Wildman–Crippen MR) is 59.3 cm³/mol. The summed E-state index contributed by atoms with van der Waals surface area (Å²) < 4.78 is 5.94. The van der Waals surface area contributed by atoms with Crippen molar-refractivity contribution < 1.29 is 4.74 Å². The van der Waals surface area contributed by atoms with Crippen LogP contribution in [0.5, 0.6) is 0 Å². The van der Waals surface area contributed by atoms with Crippen LogP contribution in [0.2, 0.25) is 0 Å². The second-order valence-corrected chi connectivity index (χ2v) is 3.85. The van der Waals surface area contributed by atoms with Crippen LogP contribution in [0.1, 0.15) is 13.3 Å². The average molecular weight is 260 g/mol. The minimum Gasteiger partial charge on any atom is -0.383 e. The van der Waals surface area contributed by atoms with Gasteiger partial charge in [0.05, 0.1) is 17.1 Å². The summed E-state index contributed by atoms with van der Waals surface area (Å²) in [6.07, 6.45) is 4.41. The van der Waals surface area contributed by atoms with Crippen LogP contribution in [0.15, 0.2) is 16.9 Å². The topological polar surface area (TPSA) is 47.0 Å². The van der Waals surface area contributed by atoms with Crippen LogP contribution >= 0.6 is 15.9 Å². The molecule has 1 atom stereocenters. The summed E-state index contributed by atoms with van der Waals surface area (Å²) in [5.41, 5.74) is 0. The zero-order valence-corrected chi connectivity index (χ0v) is 9.91. The fraction of sp³-hybridized carbons (Fsp3) is 0.556. The number of methoxy groups -OCH3 is 1. The number of halogens is 1. The summed E-state index contributed by atoms with van der Waals surface area (Å²) in [6.45, 7) is 2.76. The lowest BCUT2D eigenvalue weighted by Crippen LogP contribution is -2.24. The van der Waals surface area contributed by atoms with E-state index in [0.717, 1.165) is 10.9 Å². The molecular formula is C9H14BrN3O. The Morgan fingerprint density at radius 2 is 2.14 bits per heavy atom. The molecule has 0 aromatic carbocycles. The molecular weight excluding hydrogens is 246 g/mol. The van der Waals surface area contributed by atoms with Gasteiger partial charge in [0.1, 0.15) is 0 Å². The molecule has 1 unspecified atom stereocenters. The standard InChI is InChI=1S/C9H14BrN3O/c1-3-8(6-14-2)13-9-11-4-7(10)5-12-9/h4-5,8H,3,6H2,1-2H3,(H,11,12,13). The first kappa shape index (κ1) is 11.4. The van der Waals surface area contributed by atoms with Gasteiger partial charge in [0.25, 0.3) is 0 Å². The van der Waals surface area contributed by atoms with E-state index >= 15 is 0 Å². The highest BCUT2D eigenvalue weighted by atomic mass is 79.9. The summed E-state index contributed by atoms with van der Waals surface area (Å²) in [6, 6.07) is 0.265. The number of rotatable bonds is 5. The third kappa shape index (κ3) is 3.59. The third-order valence-corrected chi connectivity index (χ3v) is 2.22. The van der Waals surface area contributed by atoms with Gasteiger partial charge in [-0.1, -0.05) is 6.92 Å². The summed E-state index contributed by atoms with van der Waals surface area (Å²) in [5.74, 6) is 0.636. The molecule has 1 heterocycles. The maximum absolute atomic E-state index is 5.06. The number of nitrogens with zero attached hydrogens (tertiary/aromatic N) is 2. The largest absolute Gasteiger partial charge is 0.383 e. The van der Waals surface area contributed by atoms with Crippen LogP contribution in [-0.2, 0) is 4.74 Å². The molecule has 0 aliphatic heterocycles. The Labute approximate surface area is 92.2 Å². The lowest BCUT2D eigenvalue weighted by molar-refractivity contribution is 0.184. The minimum absolute atomic E-state index is 0.265. The average Bonchev–Trinajstić information content (AvgIpc) is 2.20. The molecule has 0 bridgehead atoms. The molecule has 0 amide bonds. The lowest BCUT2D eigenvalue weighted by atomic mass is 10.2. The Bertz CT molecular complexity index is 265. The molecule has 1 aromatic rings. The van der Waals surface area contributed by atoms with Gasteiger partial charge < -0.3 is 10.1 Å². The van der Waals surface area contributed by atoms with E-state index in [-0.39, 0.29) is 6.04 Å². The zero-order chi connectivity index (χ0) is 10.4. The van der Waals surface area contributed by atoms with Crippen molar-refractivity contribution in [2.24, 2.45) is 0 Å². The van der Waals surface area contributed by atoms with E-state index in [1.165, 1.54) is 0 Å². The van der Waals surface area contributed by atoms with Gasteiger partial charge in [0.2, 0.25) is 5.95 Å². The normalized spacial score (nSPS) is 12.5. The summed E-state index contributed by atoms with van der Waals surface area (Å²) in [7, 11) is 1.69. The summed E-state index contributed by atoms with van der Waals surface area (Å²) in [4.78, 5) is 8.25. The quantitative estimate of drug-likeness (QED) is 0.880. The Morgan fingerprint density at radius 1 is 1.50 bits per heavy atom. The van der Waals surface area contributed by atoms with E-state index in [0.29, 0.717) is 12.6 Å². The molecule has 1 rings (SSSR count). The number of ether oxygens (including phenoxy) is 1. The van der Waals surface area contributed by atoms with Crippen molar-refractivity contribution in [1.29, 1.82) is 0 Å². The molecule has 1 N–H and O–H groups in total. The van der Waals surface area contributed by atoms with E-state index in [9.17, 15) is 0 Å². The smallest absolute Gasteiger partial charge is 0.222 e. The monoisotopic (exact) mass is 259 g/mol. The Morgan fingerprint density at radius 3 is 2.64 bits per heavy atom. The van der Waals surface area contributed by atoms with Crippen LogP contribution in [0, 0.1) is 0 Å². The Balaban J connectivity index is 2.53. The molecule has 1 aromatic heterocycles. The van der Waals surface area contributed by atoms with E-state index in [4.69, 9.17) is 4.74 Å². The van der Waals surface area contributed by atoms with Gasteiger partial charge >= 0.3 is 0 Å². The van der Waals surface area contributed by atoms with Crippen LogP contribution in [-0.4, -0.2) is 29.7 Å². The fourth-order valence-corrected chi connectivity index (χ4v) is 1.24. The number of anilines is 1. The minimum atomic E-state index is 0.265. The molecule has 0 saturated heterocycles. The fourth-order valence-electron chi connectivity index (χ4n) is 1.03. The maximum atomic E-state index is 5.06. The van der Waals surface area contributed by atoms with Crippen LogP contribution in [0.3, 0.4) is 0 Å². The molecule has 0 saturated carbocycles. The van der Waals surface area contributed by atoms with E-state index in [1.54, 1.807) is 19.5 Å². The van der Waals surface area contributed by atoms with Gasteiger partial charge in [0, 0.05) is 19.5 Å². The van der Waals surface area contributed by atoms with Gasteiger partial charge in [-0.05, 0) is 22.4 Å². The first-order valence-corrected chi connectivity index (χ1v) is 5.28. The van der Waals surface area contributed by atoms with Crippen LogP contribution in [0.4, 0.5) is 5.95 Å². The molecule has 0 aliphatic carbocycles. The van der Waals surface area contributed by atoms with Crippen LogP contribution < -0.4 is 5.32 Å². The van der Waals surface area contributed by atoms with Crippen molar-refractivity contribution >= 4 is 21.9 Å². The summed E-state index contributed by atoms with van der Waals surface area (Å²) >= 11 is 3.28. The highest BCUT2D eigenvalue weighted by molar-refractivity contribution is 9.10. The van der Waals surface area contributed by atoms with Crippen molar-refractivity contribution in [3.05, 3.63) is 16.9 Å². The molecule has 0 aliphatic rings. The molecule has 0 spiro atoms. The molecule has 5 heteroatoms. The van der Waals surface area contributed by atoms with Crippen molar-refractivity contribution in [2.45, 2.75) is 19.4 Å². The number of hydrogen-bond donors (Lipinski definition) is 1. The first-order valence-electron chi connectivity index (χ1n) is 4.49. The predicted octanol–water partition coefficient (Wildman–Crippen LogP) is 2.08.